The summed E-state index contributed by atoms with van der Waals surface area (Å²) in [4.78, 5) is 37.9. The summed E-state index contributed by atoms with van der Waals surface area (Å²) in [5, 5.41) is 13.7. The molecule has 33 heavy (non-hydrogen) atoms. The van der Waals surface area contributed by atoms with Crippen molar-refractivity contribution < 1.29 is 28.0 Å². The second kappa shape index (κ2) is 8.50. The fourth-order valence-electron chi connectivity index (χ4n) is 3.35. The standard InChI is InChI=1S/C23H15F2N3O5/c1-33-17-9-7-15(8-10-17)27-22(29)20(13-2-5-16(6-3-13)28(31)32)21(23(27)30)26-14-4-11-18(24)19(25)12-14/h2-12,26H,1H3. The number of hydrogen-bond acceptors (Lipinski definition) is 6. The van der Waals surface area contributed by atoms with E-state index >= 15 is 0 Å². The topological polar surface area (TPSA) is 102 Å². The zero-order valence-corrected chi connectivity index (χ0v) is 17.0. The number of carbonyl (C=O) groups is 2. The third-order valence-electron chi connectivity index (χ3n) is 4.97. The molecule has 0 unspecified atom stereocenters. The molecular weight excluding hydrogens is 436 g/mol. The minimum atomic E-state index is -1.14. The van der Waals surface area contributed by atoms with Gasteiger partial charge in [-0.15, -0.1) is 0 Å². The highest BCUT2D eigenvalue weighted by Gasteiger charge is 2.40. The van der Waals surface area contributed by atoms with Gasteiger partial charge in [-0.3, -0.25) is 19.7 Å². The lowest BCUT2D eigenvalue weighted by atomic mass is 10.0. The van der Waals surface area contributed by atoms with Crippen LogP contribution in [-0.2, 0) is 9.59 Å². The van der Waals surface area contributed by atoms with Gasteiger partial charge in [-0.1, -0.05) is 0 Å². The van der Waals surface area contributed by atoms with E-state index in [0.29, 0.717) is 5.75 Å². The lowest BCUT2D eigenvalue weighted by Crippen LogP contribution is -2.32. The van der Waals surface area contributed by atoms with Gasteiger partial charge in [0.2, 0.25) is 0 Å². The molecule has 1 N–H and O–H groups in total. The highest BCUT2D eigenvalue weighted by atomic mass is 19.2. The Labute approximate surface area is 185 Å². The Bertz CT molecular complexity index is 1300. The Morgan fingerprint density at radius 2 is 1.58 bits per heavy atom. The van der Waals surface area contributed by atoms with Crippen LogP contribution in [0, 0.1) is 21.7 Å². The first-order chi connectivity index (χ1) is 15.8. The summed E-state index contributed by atoms with van der Waals surface area (Å²) < 4.78 is 32.1. The summed E-state index contributed by atoms with van der Waals surface area (Å²) in [6.07, 6.45) is 0. The number of nitro groups is 1. The van der Waals surface area contributed by atoms with Gasteiger partial charge in [0.05, 0.1) is 23.3 Å². The third-order valence-corrected chi connectivity index (χ3v) is 4.97. The van der Waals surface area contributed by atoms with Gasteiger partial charge in [0.25, 0.3) is 17.5 Å². The van der Waals surface area contributed by atoms with Gasteiger partial charge in [0.1, 0.15) is 11.4 Å². The van der Waals surface area contributed by atoms with Crippen LogP contribution < -0.4 is 15.0 Å². The fraction of sp³-hybridized carbons (Fsp3) is 0.0435. The van der Waals surface area contributed by atoms with E-state index in [4.69, 9.17) is 4.74 Å². The van der Waals surface area contributed by atoms with E-state index in [0.717, 1.165) is 17.0 Å². The van der Waals surface area contributed by atoms with Crippen LogP contribution in [-0.4, -0.2) is 23.8 Å². The molecule has 3 aromatic carbocycles. The van der Waals surface area contributed by atoms with Gasteiger partial charge in [0, 0.05) is 23.9 Å². The summed E-state index contributed by atoms with van der Waals surface area (Å²) in [5.74, 6) is -3.12. The van der Waals surface area contributed by atoms with Crippen LogP contribution in [0.1, 0.15) is 5.56 Å². The SMILES string of the molecule is COc1ccc(N2C(=O)C(Nc3ccc(F)c(F)c3)=C(c3ccc([N+](=O)[O-])cc3)C2=O)cc1. The molecule has 0 atom stereocenters. The van der Waals surface area contributed by atoms with E-state index in [-0.39, 0.29) is 33.9 Å². The summed E-state index contributed by atoms with van der Waals surface area (Å²) >= 11 is 0. The average molecular weight is 451 g/mol. The Balaban J connectivity index is 1.80. The molecule has 3 aromatic rings. The number of methoxy groups -OCH3 is 1. The first-order valence-corrected chi connectivity index (χ1v) is 9.54. The largest absolute Gasteiger partial charge is 0.497 e. The van der Waals surface area contributed by atoms with Crippen LogP contribution in [0.4, 0.5) is 25.8 Å². The number of rotatable bonds is 6. The predicted octanol–water partition coefficient (Wildman–Crippen LogP) is 4.28. The lowest BCUT2D eigenvalue weighted by Gasteiger charge is -2.16. The molecule has 0 fully saturated rings. The number of carbonyl (C=O) groups excluding carboxylic acids is 2. The van der Waals surface area contributed by atoms with Crippen molar-refractivity contribution in [3.63, 3.8) is 0 Å². The molecule has 2 amide bonds. The molecule has 1 heterocycles. The Morgan fingerprint density at radius 1 is 0.909 bits per heavy atom. The zero-order valence-electron chi connectivity index (χ0n) is 17.0. The second-order valence-electron chi connectivity index (χ2n) is 6.95. The molecule has 0 saturated carbocycles. The molecule has 8 nitrogen and oxygen atoms in total. The Hall–Kier alpha value is -4.60. The van der Waals surface area contributed by atoms with Crippen molar-refractivity contribution in [2.75, 3.05) is 17.3 Å². The van der Waals surface area contributed by atoms with E-state index in [2.05, 4.69) is 5.32 Å². The number of amides is 2. The number of halogens is 2. The summed E-state index contributed by atoms with van der Waals surface area (Å²) in [5.41, 5.74) is 0.0813. The molecule has 0 bridgehead atoms. The number of benzene rings is 3. The number of anilines is 2. The van der Waals surface area contributed by atoms with Crippen LogP contribution in [0.5, 0.6) is 5.75 Å². The van der Waals surface area contributed by atoms with Crippen LogP contribution in [0.2, 0.25) is 0 Å². The Kier molecular flexibility index (Phi) is 5.57. The molecule has 0 aromatic heterocycles. The molecule has 4 rings (SSSR count). The minimum absolute atomic E-state index is 0.0426. The molecule has 0 saturated heterocycles. The van der Waals surface area contributed by atoms with Gasteiger partial charge in [0.15, 0.2) is 11.6 Å². The summed E-state index contributed by atoms with van der Waals surface area (Å²) in [7, 11) is 1.47. The van der Waals surface area contributed by atoms with Crippen LogP contribution >= 0.6 is 0 Å². The van der Waals surface area contributed by atoms with E-state index in [1.165, 1.54) is 49.6 Å². The van der Waals surface area contributed by atoms with E-state index < -0.39 is 28.4 Å². The normalized spacial score (nSPS) is 13.5. The number of nitrogens with zero attached hydrogens (tertiary/aromatic N) is 2. The first kappa shape index (κ1) is 21.6. The third kappa shape index (κ3) is 4.01. The molecule has 166 valence electrons. The molecule has 0 aliphatic carbocycles. The monoisotopic (exact) mass is 451 g/mol. The molecular formula is C23H15F2N3O5. The highest BCUT2D eigenvalue weighted by molar-refractivity contribution is 6.46. The van der Waals surface area contributed by atoms with Crippen molar-refractivity contribution in [1.82, 2.24) is 0 Å². The van der Waals surface area contributed by atoms with Crippen LogP contribution in [0.25, 0.3) is 5.57 Å². The second-order valence-corrected chi connectivity index (χ2v) is 6.95. The van der Waals surface area contributed by atoms with E-state index in [1.807, 2.05) is 0 Å². The molecule has 10 heteroatoms. The highest BCUT2D eigenvalue weighted by Crippen LogP contribution is 2.35. The van der Waals surface area contributed by atoms with Crippen LogP contribution in [0.3, 0.4) is 0 Å². The van der Waals surface area contributed by atoms with Gasteiger partial charge in [-0.2, -0.15) is 0 Å². The van der Waals surface area contributed by atoms with Crippen LogP contribution in [0.15, 0.2) is 72.4 Å². The average Bonchev–Trinajstić information content (AvgIpc) is 3.05. The van der Waals surface area contributed by atoms with E-state index in [1.54, 1.807) is 12.1 Å². The maximum atomic E-state index is 13.7. The first-order valence-electron chi connectivity index (χ1n) is 9.54. The van der Waals surface area contributed by atoms with Crippen molar-refractivity contribution in [2.24, 2.45) is 0 Å². The Morgan fingerprint density at radius 3 is 2.15 bits per heavy atom. The lowest BCUT2D eigenvalue weighted by molar-refractivity contribution is -0.384. The van der Waals surface area contributed by atoms with Crippen molar-refractivity contribution in [1.29, 1.82) is 0 Å². The zero-order chi connectivity index (χ0) is 23.7. The summed E-state index contributed by atoms with van der Waals surface area (Å²) in [6, 6.07) is 14.2. The molecule has 0 radical (unpaired) electrons. The van der Waals surface area contributed by atoms with Gasteiger partial charge in [-0.25, -0.2) is 13.7 Å². The molecule has 0 spiro atoms. The minimum Gasteiger partial charge on any atom is -0.497 e. The fourth-order valence-corrected chi connectivity index (χ4v) is 3.35. The number of non-ortho nitro benzene ring substituents is 1. The summed E-state index contributed by atoms with van der Waals surface area (Å²) in [6.45, 7) is 0. The number of nitrogens with one attached hydrogen (secondary N) is 1. The molecule has 1 aliphatic rings. The van der Waals surface area contributed by atoms with Crippen molar-refractivity contribution in [2.45, 2.75) is 0 Å². The van der Waals surface area contributed by atoms with Crippen molar-refractivity contribution >= 4 is 34.4 Å². The number of imide groups is 1. The quantitative estimate of drug-likeness (QED) is 0.341. The number of nitro benzene ring substituents is 1. The van der Waals surface area contributed by atoms with Gasteiger partial charge >= 0.3 is 0 Å². The van der Waals surface area contributed by atoms with Crippen molar-refractivity contribution in [3.8, 4) is 5.75 Å². The predicted molar refractivity (Wildman–Crippen MR) is 115 cm³/mol. The maximum Gasteiger partial charge on any atom is 0.282 e. The molecule has 1 aliphatic heterocycles. The maximum absolute atomic E-state index is 13.7. The van der Waals surface area contributed by atoms with E-state index in [9.17, 15) is 28.5 Å². The van der Waals surface area contributed by atoms with Crippen molar-refractivity contribution in [3.05, 3.63) is 99.7 Å². The number of ether oxygens (including phenoxy) is 1. The smallest absolute Gasteiger partial charge is 0.282 e. The number of hydrogen-bond donors (Lipinski definition) is 1. The van der Waals surface area contributed by atoms with Gasteiger partial charge in [-0.05, 0) is 54.1 Å². The van der Waals surface area contributed by atoms with Gasteiger partial charge < -0.3 is 10.1 Å².